The molecule has 6 nitrogen and oxygen atoms in total. The number of hydrogen-bond acceptors (Lipinski definition) is 4. The molecule has 2 amide bonds. The van der Waals surface area contributed by atoms with E-state index in [0.717, 1.165) is 12.8 Å². The Balaban J connectivity index is 1.82. The van der Waals surface area contributed by atoms with Crippen molar-refractivity contribution in [2.45, 2.75) is 31.7 Å². The van der Waals surface area contributed by atoms with E-state index in [4.69, 9.17) is 0 Å². The monoisotopic (exact) mass is 291 g/mol. The average Bonchev–Trinajstić information content (AvgIpc) is 2.98. The summed E-state index contributed by atoms with van der Waals surface area (Å²) in [5.74, 6) is -0.0860. The van der Waals surface area contributed by atoms with Crippen LogP contribution in [0.25, 0.3) is 0 Å². The van der Waals surface area contributed by atoms with Crippen molar-refractivity contribution in [3.8, 4) is 0 Å². The zero-order valence-corrected chi connectivity index (χ0v) is 12.1. The van der Waals surface area contributed by atoms with Gasteiger partial charge in [0, 0.05) is 17.4 Å². The first-order chi connectivity index (χ1) is 10.2. The third-order valence-corrected chi connectivity index (χ3v) is 3.48. The van der Waals surface area contributed by atoms with E-state index in [-0.39, 0.29) is 5.91 Å². The van der Waals surface area contributed by atoms with Gasteiger partial charge in [-0.25, -0.2) is 4.79 Å². The Kier molecular flexibility index (Phi) is 5.57. The Bertz CT molecular complexity index is 499. The molecule has 0 aliphatic heterocycles. The molecule has 1 aliphatic carbocycles. The van der Waals surface area contributed by atoms with E-state index in [1.165, 1.54) is 20.0 Å². The summed E-state index contributed by atoms with van der Waals surface area (Å²) in [5, 5.41) is 8.61. The summed E-state index contributed by atoms with van der Waals surface area (Å²) < 4.78 is 4.52. The molecule has 1 aromatic carbocycles. The molecule has 0 unspecified atom stereocenters. The van der Waals surface area contributed by atoms with E-state index in [1.54, 1.807) is 24.3 Å². The lowest BCUT2D eigenvalue weighted by Gasteiger charge is -2.12. The molecule has 0 aromatic heterocycles. The van der Waals surface area contributed by atoms with Crippen LogP contribution < -0.4 is 16.0 Å². The summed E-state index contributed by atoms with van der Waals surface area (Å²) in [4.78, 5) is 23.0. The Morgan fingerprint density at radius 3 is 2.52 bits per heavy atom. The summed E-state index contributed by atoms with van der Waals surface area (Å²) in [6, 6.07) is 7.40. The molecular formula is C15H21N3O3. The minimum atomic E-state index is -0.540. The number of anilines is 2. The number of rotatable bonds is 5. The molecular weight excluding hydrogens is 270 g/mol. The highest BCUT2D eigenvalue weighted by atomic mass is 16.5. The molecule has 3 N–H and O–H groups in total. The fraction of sp³-hybridized carbons (Fsp3) is 0.467. The van der Waals surface area contributed by atoms with Crippen molar-refractivity contribution in [3.63, 3.8) is 0 Å². The van der Waals surface area contributed by atoms with Crippen molar-refractivity contribution in [2.24, 2.45) is 0 Å². The Morgan fingerprint density at radius 1 is 1.19 bits per heavy atom. The lowest BCUT2D eigenvalue weighted by atomic mass is 10.2. The van der Waals surface area contributed by atoms with Gasteiger partial charge in [0.15, 0.2) is 0 Å². The third kappa shape index (κ3) is 5.07. The van der Waals surface area contributed by atoms with Crippen LogP contribution in [0, 0.1) is 0 Å². The second kappa shape index (κ2) is 7.64. The fourth-order valence-electron chi connectivity index (χ4n) is 2.42. The highest BCUT2D eigenvalue weighted by Gasteiger charge is 2.15. The smallest absolute Gasteiger partial charge is 0.411 e. The van der Waals surface area contributed by atoms with Crippen molar-refractivity contribution in [1.29, 1.82) is 0 Å². The molecule has 0 bridgehead atoms. The molecule has 1 fully saturated rings. The van der Waals surface area contributed by atoms with Crippen LogP contribution in [0.15, 0.2) is 24.3 Å². The van der Waals surface area contributed by atoms with Gasteiger partial charge in [-0.3, -0.25) is 10.1 Å². The Morgan fingerprint density at radius 2 is 1.86 bits per heavy atom. The van der Waals surface area contributed by atoms with Crippen molar-refractivity contribution >= 4 is 23.4 Å². The van der Waals surface area contributed by atoms with Crippen LogP contribution in [0.2, 0.25) is 0 Å². The van der Waals surface area contributed by atoms with Crippen LogP contribution in [0.5, 0.6) is 0 Å². The maximum Gasteiger partial charge on any atom is 0.411 e. The molecule has 114 valence electrons. The van der Waals surface area contributed by atoms with Crippen molar-refractivity contribution in [1.82, 2.24) is 5.32 Å². The molecule has 21 heavy (non-hydrogen) atoms. The summed E-state index contributed by atoms with van der Waals surface area (Å²) in [6.07, 6.45) is 4.22. The summed E-state index contributed by atoms with van der Waals surface area (Å²) in [6.45, 7) is 0.305. The Hall–Kier alpha value is -2.08. The first-order valence-electron chi connectivity index (χ1n) is 7.15. The van der Waals surface area contributed by atoms with E-state index in [0.29, 0.717) is 24.0 Å². The van der Waals surface area contributed by atoms with E-state index in [1.807, 2.05) is 0 Å². The molecule has 6 heteroatoms. The maximum absolute atomic E-state index is 11.9. The van der Waals surface area contributed by atoms with E-state index >= 15 is 0 Å². The number of amides is 2. The molecule has 0 atom stereocenters. The van der Waals surface area contributed by atoms with Gasteiger partial charge >= 0.3 is 6.09 Å². The average molecular weight is 291 g/mol. The van der Waals surface area contributed by atoms with E-state index in [9.17, 15) is 9.59 Å². The summed E-state index contributed by atoms with van der Waals surface area (Å²) in [5.41, 5.74) is 1.21. The molecule has 1 aromatic rings. The second-order valence-electron chi connectivity index (χ2n) is 5.11. The first kappa shape index (κ1) is 15.3. The third-order valence-electron chi connectivity index (χ3n) is 3.48. The number of carbonyl (C=O) groups excluding carboxylic acids is 2. The predicted molar refractivity (Wildman–Crippen MR) is 81.4 cm³/mol. The van der Waals surface area contributed by atoms with Crippen LogP contribution in [-0.2, 0) is 9.53 Å². The van der Waals surface area contributed by atoms with Gasteiger partial charge in [-0.2, -0.15) is 0 Å². The molecule has 2 rings (SSSR count). The largest absolute Gasteiger partial charge is 0.453 e. The number of benzene rings is 1. The molecule has 0 saturated heterocycles. The van der Waals surface area contributed by atoms with Gasteiger partial charge in [-0.1, -0.05) is 18.9 Å². The van der Waals surface area contributed by atoms with Crippen LogP contribution in [-0.4, -0.2) is 31.7 Å². The van der Waals surface area contributed by atoms with Gasteiger partial charge in [-0.05, 0) is 31.0 Å². The van der Waals surface area contributed by atoms with Gasteiger partial charge in [-0.15, -0.1) is 0 Å². The van der Waals surface area contributed by atoms with Gasteiger partial charge in [0.05, 0.1) is 13.7 Å². The minimum Gasteiger partial charge on any atom is -0.453 e. The standard InChI is InChI=1S/C15H21N3O3/c1-21-15(20)18-13-8-4-7-12(9-13)17-14(19)10-16-11-5-2-3-6-11/h4,7-9,11,16H,2-3,5-6,10H2,1H3,(H,17,19)(H,18,20). The highest BCUT2D eigenvalue weighted by molar-refractivity contribution is 5.93. The van der Waals surface area contributed by atoms with Crippen LogP contribution >= 0.6 is 0 Å². The fourth-order valence-corrected chi connectivity index (χ4v) is 2.42. The Labute approximate surface area is 124 Å². The number of nitrogens with one attached hydrogen (secondary N) is 3. The molecule has 0 spiro atoms. The highest BCUT2D eigenvalue weighted by Crippen LogP contribution is 2.18. The SMILES string of the molecule is COC(=O)Nc1cccc(NC(=O)CNC2CCCC2)c1. The molecule has 0 radical (unpaired) electrons. The number of hydrogen-bond donors (Lipinski definition) is 3. The normalized spacial score (nSPS) is 14.7. The first-order valence-corrected chi connectivity index (χ1v) is 7.15. The van der Waals surface area contributed by atoms with Crippen molar-refractivity contribution in [3.05, 3.63) is 24.3 Å². The second-order valence-corrected chi connectivity index (χ2v) is 5.11. The van der Waals surface area contributed by atoms with Gasteiger partial charge in [0.1, 0.15) is 0 Å². The van der Waals surface area contributed by atoms with Gasteiger partial charge < -0.3 is 15.4 Å². The van der Waals surface area contributed by atoms with Crippen LogP contribution in [0.4, 0.5) is 16.2 Å². The molecule has 1 aliphatic rings. The van der Waals surface area contributed by atoms with Gasteiger partial charge in [0.2, 0.25) is 5.91 Å². The lowest BCUT2D eigenvalue weighted by molar-refractivity contribution is -0.115. The summed E-state index contributed by atoms with van der Waals surface area (Å²) >= 11 is 0. The predicted octanol–water partition coefficient (Wildman–Crippen LogP) is 2.34. The lowest BCUT2D eigenvalue weighted by Crippen LogP contribution is -2.34. The van der Waals surface area contributed by atoms with Crippen LogP contribution in [0.1, 0.15) is 25.7 Å². The van der Waals surface area contributed by atoms with Crippen molar-refractivity contribution in [2.75, 3.05) is 24.3 Å². The van der Waals surface area contributed by atoms with Crippen molar-refractivity contribution < 1.29 is 14.3 Å². The zero-order valence-electron chi connectivity index (χ0n) is 12.1. The van der Waals surface area contributed by atoms with E-state index < -0.39 is 6.09 Å². The number of carbonyl (C=O) groups is 2. The topological polar surface area (TPSA) is 79.5 Å². The van der Waals surface area contributed by atoms with Gasteiger partial charge in [0.25, 0.3) is 0 Å². The number of methoxy groups -OCH3 is 1. The van der Waals surface area contributed by atoms with E-state index in [2.05, 4.69) is 20.7 Å². The summed E-state index contributed by atoms with van der Waals surface area (Å²) in [7, 11) is 1.30. The molecule has 1 saturated carbocycles. The molecule has 0 heterocycles. The number of ether oxygens (including phenoxy) is 1. The maximum atomic E-state index is 11.9. The quantitative estimate of drug-likeness (QED) is 0.778. The zero-order chi connectivity index (χ0) is 15.1. The van der Waals surface area contributed by atoms with Crippen LogP contribution in [0.3, 0.4) is 0 Å². The minimum absolute atomic E-state index is 0.0860.